The molecule has 9 heteroatoms. The molecular weight excluding hydrogens is 395 g/mol. The van der Waals surface area contributed by atoms with Crippen molar-refractivity contribution in [1.29, 1.82) is 0 Å². The van der Waals surface area contributed by atoms with Gasteiger partial charge in [0.05, 0.1) is 32.2 Å². The Balaban J connectivity index is 2.86. The monoisotopic (exact) mass is 399 g/mol. The number of rotatable bonds is 3. The lowest BCUT2D eigenvalue weighted by Gasteiger charge is -2.14. The van der Waals surface area contributed by atoms with Crippen LogP contribution in [0.15, 0.2) is 12.1 Å². The first-order chi connectivity index (χ1) is 10.3. The molecule has 2 rings (SSSR count). The molecule has 0 bridgehead atoms. The number of nitrogens with zero attached hydrogens (tertiary/aromatic N) is 1. The van der Waals surface area contributed by atoms with Gasteiger partial charge in [0.15, 0.2) is 5.69 Å². The summed E-state index contributed by atoms with van der Waals surface area (Å²) in [5, 5.41) is 9.22. The van der Waals surface area contributed by atoms with Crippen molar-refractivity contribution in [3.05, 3.63) is 42.9 Å². The molecule has 4 nitrogen and oxygen atoms in total. The van der Waals surface area contributed by atoms with Gasteiger partial charge in [-0.05, 0) is 6.07 Å². The van der Waals surface area contributed by atoms with Crippen LogP contribution in [-0.4, -0.2) is 23.2 Å². The molecule has 0 atom stereocenters. The first kappa shape index (κ1) is 17.4. The predicted molar refractivity (Wildman–Crippen MR) is 88.2 cm³/mol. The van der Waals surface area contributed by atoms with Crippen molar-refractivity contribution >= 4 is 64.0 Å². The summed E-state index contributed by atoms with van der Waals surface area (Å²) < 4.78 is 4.91. The van der Waals surface area contributed by atoms with E-state index < -0.39 is 5.97 Å². The Bertz CT molecular complexity index is 750. The molecule has 0 saturated carbocycles. The number of aromatic nitrogens is 1. The molecule has 0 radical (unpaired) electrons. The fourth-order valence-corrected chi connectivity index (χ4v) is 3.10. The number of carboxylic acids is 1. The summed E-state index contributed by atoms with van der Waals surface area (Å²) in [5.41, 5.74) is -0.0309. The minimum absolute atomic E-state index is 0.0135. The molecule has 0 aliphatic rings. The maximum Gasteiger partial charge on any atom is 0.355 e. The van der Waals surface area contributed by atoms with E-state index in [0.29, 0.717) is 0 Å². The number of aromatic carboxylic acids is 1. The molecule has 1 aromatic carbocycles. The molecule has 1 N–H and O–H groups in total. The molecule has 0 fully saturated rings. The van der Waals surface area contributed by atoms with Crippen molar-refractivity contribution in [2.75, 3.05) is 7.11 Å². The number of benzene rings is 1. The fraction of sp³-hybridized carbons (Fsp3) is 0.0769. The van der Waals surface area contributed by atoms with Crippen molar-refractivity contribution in [3.8, 4) is 17.0 Å². The smallest absolute Gasteiger partial charge is 0.355 e. The SMILES string of the molecule is COc1ccc(-c2c(Cl)c(Cl)c(Cl)c(Cl)c2Cl)c(C(=O)O)n1. The molecule has 0 aliphatic heterocycles. The molecule has 116 valence electrons. The van der Waals surface area contributed by atoms with Gasteiger partial charge in [-0.2, -0.15) is 0 Å². The Labute approximate surface area is 150 Å². The molecule has 0 spiro atoms. The molecule has 22 heavy (non-hydrogen) atoms. The van der Waals surface area contributed by atoms with Gasteiger partial charge in [0, 0.05) is 17.2 Å². The van der Waals surface area contributed by atoms with Crippen molar-refractivity contribution in [1.82, 2.24) is 4.98 Å². The Kier molecular flexibility index (Phi) is 5.30. The highest BCUT2D eigenvalue weighted by atomic mass is 35.5. The number of ether oxygens (including phenoxy) is 1. The van der Waals surface area contributed by atoms with Crippen molar-refractivity contribution < 1.29 is 14.6 Å². The minimum atomic E-state index is -1.29. The van der Waals surface area contributed by atoms with E-state index in [-0.39, 0.29) is 47.8 Å². The van der Waals surface area contributed by atoms with Gasteiger partial charge in [-0.1, -0.05) is 58.0 Å². The number of carboxylic acid groups (broad SMARTS) is 1. The highest BCUT2D eigenvalue weighted by Gasteiger charge is 2.25. The fourth-order valence-electron chi connectivity index (χ4n) is 1.76. The Hall–Kier alpha value is -0.910. The molecule has 0 saturated heterocycles. The number of hydrogen-bond donors (Lipinski definition) is 1. The zero-order valence-corrected chi connectivity index (χ0v) is 14.5. The zero-order valence-electron chi connectivity index (χ0n) is 10.8. The maximum absolute atomic E-state index is 11.4. The van der Waals surface area contributed by atoms with Gasteiger partial charge < -0.3 is 9.84 Å². The van der Waals surface area contributed by atoms with E-state index in [1.165, 1.54) is 19.2 Å². The number of halogens is 5. The summed E-state index contributed by atoms with van der Waals surface area (Å²) in [6.07, 6.45) is 0. The van der Waals surface area contributed by atoms with Crippen LogP contribution in [0.25, 0.3) is 11.1 Å². The summed E-state index contributed by atoms with van der Waals surface area (Å²) in [6.45, 7) is 0. The summed E-state index contributed by atoms with van der Waals surface area (Å²) in [6, 6.07) is 2.91. The average Bonchev–Trinajstić information content (AvgIpc) is 2.51. The van der Waals surface area contributed by atoms with Gasteiger partial charge in [0.2, 0.25) is 5.88 Å². The molecule has 2 aromatic rings. The molecule has 0 amide bonds. The lowest BCUT2D eigenvalue weighted by Crippen LogP contribution is -2.05. The van der Waals surface area contributed by atoms with E-state index in [1.807, 2.05) is 0 Å². The second-order valence-electron chi connectivity index (χ2n) is 4.00. The number of pyridine rings is 1. The Morgan fingerprint density at radius 2 is 1.50 bits per heavy atom. The van der Waals surface area contributed by atoms with Crippen LogP contribution in [0.1, 0.15) is 10.5 Å². The van der Waals surface area contributed by atoms with Crippen LogP contribution < -0.4 is 4.74 Å². The van der Waals surface area contributed by atoms with Crippen molar-refractivity contribution in [2.45, 2.75) is 0 Å². The van der Waals surface area contributed by atoms with Crippen LogP contribution in [0.3, 0.4) is 0 Å². The van der Waals surface area contributed by atoms with Crippen molar-refractivity contribution in [2.24, 2.45) is 0 Å². The number of hydrogen-bond acceptors (Lipinski definition) is 3. The molecule has 0 unspecified atom stereocenters. The number of carbonyl (C=O) groups is 1. The first-order valence-electron chi connectivity index (χ1n) is 5.59. The third kappa shape index (κ3) is 2.94. The third-order valence-electron chi connectivity index (χ3n) is 2.76. The standard InChI is InChI=1S/C13H6Cl5NO3/c1-22-5-3-2-4(12(19-5)13(20)21)6-7(14)9(16)11(18)10(17)8(6)15/h2-3H,1H3,(H,20,21). The van der Waals surface area contributed by atoms with Crippen LogP contribution in [0.5, 0.6) is 5.88 Å². The summed E-state index contributed by atoms with van der Waals surface area (Å²) in [7, 11) is 1.36. The first-order valence-corrected chi connectivity index (χ1v) is 7.48. The van der Waals surface area contributed by atoms with E-state index in [1.54, 1.807) is 0 Å². The largest absolute Gasteiger partial charge is 0.481 e. The van der Waals surface area contributed by atoms with E-state index in [4.69, 9.17) is 62.7 Å². The zero-order chi connectivity index (χ0) is 16.6. The van der Waals surface area contributed by atoms with Crippen LogP contribution in [-0.2, 0) is 0 Å². The molecular formula is C13H6Cl5NO3. The average molecular weight is 401 g/mol. The Morgan fingerprint density at radius 1 is 1.00 bits per heavy atom. The van der Waals surface area contributed by atoms with Crippen LogP contribution in [0.2, 0.25) is 25.1 Å². The van der Waals surface area contributed by atoms with Crippen LogP contribution in [0, 0.1) is 0 Å². The van der Waals surface area contributed by atoms with Gasteiger partial charge in [-0.25, -0.2) is 9.78 Å². The second-order valence-corrected chi connectivity index (χ2v) is 5.89. The van der Waals surface area contributed by atoms with Gasteiger partial charge in [0.25, 0.3) is 0 Å². The highest BCUT2D eigenvalue weighted by molar-refractivity contribution is 6.56. The second kappa shape index (κ2) is 6.69. The summed E-state index contributed by atoms with van der Waals surface area (Å²) in [4.78, 5) is 15.3. The normalized spacial score (nSPS) is 10.6. The number of methoxy groups -OCH3 is 1. The van der Waals surface area contributed by atoms with Gasteiger partial charge >= 0.3 is 5.97 Å². The minimum Gasteiger partial charge on any atom is -0.481 e. The van der Waals surface area contributed by atoms with Gasteiger partial charge in [-0.15, -0.1) is 0 Å². The third-order valence-corrected chi connectivity index (χ3v) is 5.04. The molecule has 0 aliphatic carbocycles. The van der Waals surface area contributed by atoms with Gasteiger partial charge in [-0.3, -0.25) is 0 Å². The highest BCUT2D eigenvalue weighted by Crippen LogP contribution is 2.48. The topological polar surface area (TPSA) is 59.4 Å². The van der Waals surface area contributed by atoms with Crippen LogP contribution >= 0.6 is 58.0 Å². The van der Waals surface area contributed by atoms with E-state index in [2.05, 4.69) is 4.98 Å². The lowest BCUT2D eigenvalue weighted by molar-refractivity contribution is 0.0690. The lowest BCUT2D eigenvalue weighted by atomic mass is 10.0. The predicted octanol–water partition coefficient (Wildman–Crippen LogP) is 5.72. The van der Waals surface area contributed by atoms with Crippen molar-refractivity contribution in [3.63, 3.8) is 0 Å². The quantitative estimate of drug-likeness (QED) is 0.528. The molecule has 1 heterocycles. The van der Waals surface area contributed by atoms with Gasteiger partial charge in [0.1, 0.15) is 0 Å². The van der Waals surface area contributed by atoms with E-state index in [0.717, 1.165) is 0 Å². The Morgan fingerprint density at radius 3 is 1.95 bits per heavy atom. The summed E-state index contributed by atoms with van der Waals surface area (Å²) in [5.74, 6) is -1.16. The van der Waals surface area contributed by atoms with E-state index >= 15 is 0 Å². The summed E-state index contributed by atoms with van der Waals surface area (Å²) >= 11 is 30.2. The van der Waals surface area contributed by atoms with Crippen LogP contribution in [0.4, 0.5) is 0 Å². The molecule has 1 aromatic heterocycles. The van der Waals surface area contributed by atoms with E-state index in [9.17, 15) is 9.90 Å². The maximum atomic E-state index is 11.4.